The average molecular weight is 523 g/mol. The highest BCUT2D eigenvalue weighted by molar-refractivity contribution is 9.11. The summed E-state index contributed by atoms with van der Waals surface area (Å²) < 4.78 is 6.71. The molecule has 3 N–H and O–H groups in total. The van der Waals surface area contributed by atoms with Crippen molar-refractivity contribution in [1.29, 1.82) is 0 Å². The number of nitrogen functional groups attached to an aromatic ring is 1. The van der Waals surface area contributed by atoms with Gasteiger partial charge in [-0.1, -0.05) is 30.3 Å². The van der Waals surface area contributed by atoms with Gasteiger partial charge in [0.1, 0.15) is 5.75 Å². The molecule has 0 spiro atoms. The minimum Gasteiger partial charge on any atom is -0.495 e. The molecule has 2 heterocycles. The first-order valence-electron chi connectivity index (χ1n) is 9.90. The Labute approximate surface area is 188 Å². The van der Waals surface area contributed by atoms with Crippen molar-refractivity contribution in [2.45, 2.75) is 50.4 Å². The van der Waals surface area contributed by atoms with Crippen molar-refractivity contribution in [3.63, 3.8) is 0 Å². The maximum atomic E-state index is 13.0. The third-order valence-corrected chi connectivity index (χ3v) is 7.53. The van der Waals surface area contributed by atoms with Gasteiger partial charge in [0, 0.05) is 29.1 Å². The summed E-state index contributed by atoms with van der Waals surface area (Å²) in [4.78, 5) is 15.6. The number of fused-ring (bicyclic) bond motifs is 2. The molecule has 2 saturated heterocycles. The molecule has 154 valence electrons. The highest BCUT2D eigenvalue weighted by Gasteiger charge is 2.41. The van der Waals surface area contributed by atoms with E-state index in [1.165, 1.54) is 18.4 Å². The van der Waals surface area contributed by atoms with Gasteiger partial charge in [0.2, 0.25) is 0 Å². The first-order valence-corrected chi connectivity index (χ1v) is 11.5. The van der Waals surface area contributed by atoms with Crippen molar-refractivity contribution < 1.29 is 9.53 Å². The van der Waals surface area contributed by atoms with E-state index in [1.54, 1.807) is 13.2 Å². The molecule has 0 saturated carbocycles. The Morgan fingerprint density at radius 3 is 2.48 bits per heavy atom. The Morgan fingerprint density at radius 1 is 1.21 bits per heavy atom. The summed E-state index contributed by atoms with van der Waals surface area (Å²) >= 11 is 6.86. The van der Waals surface area contributed by atoms with Crippen molar-refractivity contribution in [3.05, 3.63) is 56.5 Å². The number of rotatable bonds is 5. The first kappa shape index (κ1) is 20.7. The van der Waals surface area contributed by atoms with Crippen LogP contribution in [0.25, 0.3) is 0 Å². The van der Waals surface area contributed by atoms with E-state index in [1.807, 2.05) is 0 Å². The van der Waals surface area contributed by atoms with Crippen LogP contribution in [0.2, 0.25) is 0 Å². The number of nitrogens with one attached hydrogen (secondary N) is 1. The Balaban J connectivity index is 1.45. The van der Waals surface area contributed by atoms with Gasteiger partial charge in [-0.25, -0.2) is 0 Å². The highest BCUT2D eigenvalue weighted by atomic mass is 79.9. The van der Waals surface area contributed by atoms with Crippen LogP contribution in [0.5, 0.6) is 5.75 Å². The van der Waals surface area contributed by atoms with Crippen molar-refractivity contribution in [2.75, 3.05) is 12.8 Å². The van der Waals surface area contributed by atoms with E-state index in [-0.39, 0.29) is 11.9 Å². The number of benzene rings is 2. The fourth-order valence-electron chi connectivity index (χ4n) is 4.69. The van der Waals surface area contributed by atoms with Crippen LogP contribution in [0, 0.1) is 0 Å². The van der Waals surface area contributed by atoms with Crippen molar-refractivity contribution in [2.24, 2.45) is 0 Å². The lowest BCUT2D eigenvalue weighted by Crippen LogP contribution is -2.50. The van der Waals surface area contributed by atoms with Gasteiger partial charge >= 0.3 is 0 Å². The third kappa shape index (κ3) is 4.18. The summed E-state index contributed by atoms with van der Waals surface area (Å²) in [6.07, 6.45) is 4.36. The molecular weight excluding hydrogens is 498 g/mol. The van der Waals surface area contributed by atoms with Gasteiger partial charge in [0.15, 0.2) is 0 Å². The van der Waals surface area contributed by atoms with Crippen LogP contribution in [0.1, 0.15) is 41.6 Å². The molecule has 0 aromatic heterocycles. The van der Waals surface area contributed by atoms with Crippen LogP contribution in [-0.2, 0) is 6.54 Å². The largest absolute Gasteiger partial charge is 0.495 e. The van der Waals surface area contributed by atoms with Crippen LogP contribution in [0.4, 0.5) is 5.69 Å². The first-order chi connectivity index (χ1) is 14.0. The molecule has 1 unspecified atom stereocenters. The monoisotopic (exact) mass is 521 g/mol. The normalized spacial score (nSPS) is 23.8. The van der Waals surface area contributed by atoms with E-state index in [4.69, 9.17) is 10.5 Å². The summed E-state index contributed by atoms with van der Waals surface area (Å²) in [5.41, 5.74) is 8.38. The molecular formula is C22H25Br2N3O2. The van der Waals surface area contributed by atoms with E-state index < -0.39 is 0 Å². The Bertz CT molecular complexity index is 893. The van der Waals surface area contributed by atoms with E-state index >= 15 is 0 Å². The zero-order valence-electron chi connectivity index (χ0n) is 16.3. The van der Waals surface area contributed by atoms with Crippen LogP contribution in [-0.4, -0.2) is 36.0 Å². The lowest BCUT2D eigenvalue weighted by molar-refractivity contribution is 0.0825. The zero-order valence-corrected chi connectivity index (χ0v) is 19.5. The fourth-order valence-corrected chi connectivity index (χ4v) is 5.97. The molecule has 2 aliphatic rings. The molecule has 0 aliphatic carbocycles. The van der Waals surface area contributed by atoms with Gasteiger partial charge in [-0.05, 0) is 69.2 Å². The van der Waals surface area contributed by atoms with Gasteiger partial charge in [0.05, 0.1) is 22.8 Å². The van der Waals surface area contributed by atoms with Crippen LogP contribution in [0.15, 0.2) is 45.3 Å². The number of halogens is 2. The highest BCUT2D eigenvalue weighted by Crippen LogP contribution is 2.40. The zero-order chi connectivity index (χ0) is 20.5. The molecule has 3 atom stereocenters. The second-order valence-electron chi connectivity index (χ2n) is 7.85. The number of amides is 1. The van der Waals surface area contributed by atoms with Gasteiger partial charge in [-0.15, -0.1) is 0 Å². The third-order valence-electron chi connectivity index (χ3n) is 6.09. The number of anilines is 1. The fraction of sp³-hybridized carbons (Fsp3) is 0.409. The number of hydrogen-bond donors (Lipinski definition) is 2. The van der Waals surface area contributed by atoms with Crippen molar-refractivity contribution >= 4 is 43.5 Å². The predicted molar refractivity (Wildman–Crippen MR) is 122 cm³/mol. The molecule has 2 aromatic rings. The van der Waals surface area contributed by atoms with Crippen LogP contribution < -0.4 is 15.8 Å². The Kier molecular flexibility index (Phi) is 6.18. The minimum atomic E-state index is -0.121. The van der Waals surface area contributed by atoms with E-state index in [0.29, 0.717) is 38.0 Å². The van der Waals surface area contributed by atoms with E-state index in [0.717, 1.165) is 19.4 Å². The molecule has 5 nitrogen and oxygen atoms in total. The van der Waals surface area contributed by atoms with Gasteiger partial charge in [-0.3, -0.25) is 9.69 Å². The van der Waals surface area contributed by atoms with Gasteiger partial charge < -0.3 is 15.8 Å². The molecule has 1 amide bonds. The minimum absolute atomic E-state index is 0.121. The van der Waals surface area contributed by atoms with E-state index in [9.17, 15) is 4.79 Å². The van der Waals surface area contributed by atoms with E-state index in [2.05, 4.69) is 72.4 Å². The number of ether oxygens (including phenoxy) is 1. The number of hydrogen-bond acceptors (Lipinski definition) is 4. The standard InChI is InChI=1S/C22H25Br2N3O2/c1-29-21-17(11-18(23)20(25)19(21)24)22(28)26-14-9-15-7-8-16(10-14)27(15)12-13-5-3-2-4-6-13/h2-6,11,14-16H,7-10,12,25H2,1H3,(H,26,28)/t14?,15-,16+. The molecule has 4 rings (SSSR count). The number of methoxy groups -OCH3 is 1. The molecule has 2 bridgehead atoms. The Hall–Kier alpha value is -1.57. The Morgan fingerprint density at radius 2 is 1.86 bits per heavy atom. The lowest BCUT2D eigenvalue weighted by Gasteiger charge is -2.39. The number of carbonyl (C=O) groups excluding carboxylic acids is 1. The number of nitrogens with zero attached hydrogens (tertiary/aromatic N) is 1. The quantitative estimate of drug-likeness (QED) is 0.557. The SMILES string of the molecule is COc1c(C(=O)NC2C[C@H]3CC[C@@H](C2)N3Cc2ccccc2)cc(Br)c(N)c1Br. The second kappa shape index (κ2) is 8.66. The maximum Gasteiger partial charge on any atom is 0.255 e. The van der Waals surface area contributed by atoms with Crippen LogP contribution >= 0.6 is 31.9 Å². The number of piperidine rings is 1. The van der Waals surface area contributed by atoms with Crippen molar-refractivity contribution in [1.82, 2.24) is 10.2 Å². The summed E-state index contributed by atoms with van der Waals surface area (Å²) in [5, 5.41) is 3.24. The molecule has 2 aromatic carbocycles. The topological polar surface area (TPSA) is 67.6 Å². The lowest BCUT2D eigenvalue weighted by atomic mass is 9.96. The molecule has 7 heteroatoms. The summed E-state index contributed by atoms with van der Waals surface area (Å²) in [5.74, 6) is 0.344. The summed E-state index contributed by atoms with van der Waals surface area (Å²) in [6.45, 7) is 0.989. The number of carbonyl (C=O) groups is 1. The van der Waals surface area contributed by atoms with Crippen LogP contribution in [0.3, 0.4) is 0 Å². The van der Waals surface area contributed by atoms with Crippen molar-refractivity contribution in [3.8, 4) is 5.75 Å². The summed E-state index contributed by atoms with van der Waals surface area (Å²) in [6, 6.07) is 13.6. The average Bonchev–Trinajstić information content (AvgIpc) is 2.95. The summed E-state index contributed by atoms with van der Waals surface area (Å²) in [7, 11) is 1.55. The molecule has 29 heavy (non-hydrogen) atoms. The molecule has 2 fully saturated rings. The second-order valence-corrected chi connectivity index (χ2v) is 9.50. The molecule has 0 radical (unpaired) electrons. The predicted octanol–water partition coefficient (Wildman–Crippen LogP) is 4.73. The molecule has 2 aliphatic heterocycles. The van der Waals surface area contributed by atoms with Gasteiger partial charge in [0.25, 0.3) is 5.91 Å². The maximum absolute atomic E-state index is 13.0. The smallest absolute Gasteiger partial charge is 0.255 e. The van der Waals surface area contributed by atoms with Gasteiger partial charge in [-0.2, -0.15) is 0 Å². The number of nitrogens with two attached hydrogens (primary N) is 1.